The summed E-state index contributed by atoms with van der Waals surface area (Å²) in [6.07, 6.45) is 5.77. The molecule has 0 atom stereocenters. The molecule has 3 N–H and O–H groups in total. The van der Waals surface area contributed by atoms with Crippen LogP contribution in [0, 0.1) is 0 Å². The Morgan fingerprint density at radius 1 is 1.08 bits per heavy atom. The molecule has 1 aliphatic carbocycles. The van der Waals surface area contributed by atoms with Crippen molar-refractivity contribution in [1.29, 1.82) is 0 Å². The zero-order valence-electron chi connectivity index (χ0n) is 12.8. The number of hydrogen-bond acceptors (Lipinski definition) is 6. The van der Waals surface area contributed by atoms with Crippen molar-refractivity contribution in [1.82, 2.24) is 24.9 Å². The van der Waals surface area contributed by atoms with Crippen LogP contribution in [0.3, 0.4) is 0 Å². The number of fused-ring (bicyclic) bond motifs is 2. The lowest BCUT2D eigenvalue weighted by Crippen LogP contribution is -2.07. The van der Waals surface area contributed by atoms with E-state index in [-0.39, 0.29) is 0 Å². The van der Waals surface area contributed by atoms with Crippen molar-refractivity contribution >= 4 is 39.5 Å². The molecule has 7 nitrogen and oxygen atoms in total. The minimum Gasteiger partial charge on any atom is -0.365 e. The maximum atomic E-state index is 4.59. The van der Waals surface area contributed by atoms with E-state index in [9.17, 15) is 0 Å². The van der Waals surface area contributed by atoms with Crippen molar-refractivity contribution in [2.45, 2.75) is 18.9 Å². The van der Waals surface area contributed by atoms with E-state index in [0.29, 0.717) is 17.6 Å². The van der Waals surface area contributed by atoms with Crippen molar-refractivity contribution in [3.63, 3.8) is 0 Å². The first-order chi connectivity index (χ1) is 11.8. The van der Waals surface area contributed by atoms with Crippen LogP contribution >= 0.6 is 0 Å². The van der Waals surface area contributed by atoms with Crippen molar-refractivity contribution in [3.05, 3.63) is 42.9 Å². The van der Waals surface area contributed by atoms with Gasteiger partial charge in [-0.05, 0) is 25.0 Å². The van der Waals surface area contributed by atoms with Crippen LogP contribution in [0.25, 0.3) is 22.1 Å². The van der Waals surface area contributed by atoms with Crippen molar-refractivity contribution in [3.8, 4) is 0 Å². The molecule has 0 bridgehead atoms. The summed E-state index contributed by atoms with van der Waals surface area (Å²) >= 11 is 0. The van der Waals surface area contributed by atoms with E-state index >= 15 is 0 Å². The van der Waals surface area contributed by atoms with Crippen LogP contribution in [0.4, 0.5) is 17.5 Å². The fourth-order valence-corrected chi connectivity index (χ4v) is 2.68. The van der Waals surface area contributed by atoms with Crippen LogP contribution in [0.1, 0.15) is 12.8 Å². The van der Waals surface area contributed by atoms with Gasteiger partial charge in [-0.1, -0.05) is 18.2 Å². The Labute approximate surface area is 137 Å². The molecule has 1 fully saturated rings. The Hall–Kier alpha value is -3.22. The van der Waals surface area contributed by atoms with Gasteiger partial charge in [0.25, 0.3) is 0 Å². The molecule has 118 valence electrons. The van der Waals surface area contributed by atoms with E-state index in [1.54, 1.807) is 12.5 Å². The highest BCUT2D eigenvalue weighted by Gasteiger charge is 2.23. The lowest BCUT2D eigenvalue weighted by molar-refractivity contribution is 1.10. The number of aromatic nitrogens is 5. The monoisotopic (exact) mass is 317 g/mol. The third kappa shape index (κ3) is 2.40. The molecule has 0 unspecified atom stereocenters. The van der Waals surface area contributed by atoms with E-state index in [1.807, 2.05) is 30.3 Å². The van der Waals surface area contributed by atoms with Crippen LogP contribution in [0.5, 0.6) is 0 Å². The van der Waals surface area contributed by atoms with E-state index in [0.717, 1.165) is 27.9 Å². The number of nitrogens with zero attached hydrogens (tertiary/aromatic N) is 4. The zero-order chi connectivity index (χ0) is 15.9. The molecule has 1 aromatic carbocycles. The Balaban J connectivity index is 1.52. The summed E-state index contributed by atoms with van der Waals surface area (Å²) in [5, 5.41) is 7.72. The number of hydrogen-bond donors (Lipinski definition) is 3. The second kappa shape index (κ2) is 5.16. The topological polar surface area (TPSA) is 91.4 Å². The number of imidazole rings is 1. The summed E-state index contributed by atoms with van der Waals surface area (Å²) in [5.41, 5.74) is 3.29. The van der Waals surface area contributed by atoms with Crippen molar-refractivity contribution < 1.29 is 0 Å². The van der Waals surface area contributed by atoms with Gasteiger partial charge in [0, 0.05) is 11.4 Å². The summed E-state index contributed by atoms with van der Waals surface area (Å²) in [6.45, 7) is 0. The SMILES string of the molecule is c1ccc2ncc(Nc3nc(NC4CC4)c4nc[nH]c4n3)cc2c1. The van der Waals surface area contributed by atoms with Gasteiger partial charge >= 0.3 is 0 Å². The maximum absolute atomic E-state index is 4.59. The third-order valence-electron chi connectivity index (χ3n) is 4.04. The molecule has 4 aromatic rings. The molecular weight excluding hydrogens is 302 g/mol. The molecule has 3 aromatic heterocycles. The first kappa shape index (κ1) is 13.2. The predicted molar refractivity (Wildman–Crippen MR) is 93.4 cm³/mol. The second-order valence-corrected chi connectivity index (χ2v) is 5.96. The normalized spacial score (nSPS) is 14.2. The summed E-state index contributed by atoms with van der Waals surface area (Å²) in [6, 6.07) is 10.5. The van der Waals surface area contributed by atoms with E-state index in [2.05, 4.69) is 35.6 Å². The van der Waals surface area contributed by atoms with Gasteiger partial charge in [0.2, 0.25) is 5.95 Å². The molecule has 3 heterocycles. The lowest BCUT2D eigenvalue weighted by Gasteiger charge is -2.09. The number of nitrogens with one attached hydrogen (secondary N) is 3. The molecule has 1 saturated carbocycles. The van der Waals surface area contributed by atoms with Crippen LogP contribution in [0.15, 0.2) is 42.9 Å². The van der Waals surface area contributed by atoms with Gasteiger partial charge in [-0.15, -0.1) is 0 Å². The zero-order valence-corrected chi connectivity index (χ0v) is 12.8. The Bertz CT molecular complexity index is 1040. The summed E-state index contributed by atoms with van der Waals surface area (Å²) in [4.78, 5) is 20.9. The van der Waals surface area contributed by atoms with Crippen LogP contribution in [0.2, 0.25) is 0 Å². The highest BCUT2D eigenvalue weighted by molar-refractivity contribution is 5.85. The number of anilines is 3. The van der Waals surface area contributed by atoms with Crippen LogP contribution < -0.4 is 10.6 Å². The Kier molecular flexibility index (Phi) is 2.84. The van der Waals surface area contributed by atoms with Crippen LogP contribution in [-0.4, -0.2) is 31.0 Å². The van der Waals surface area contributed by atoms with Crippen molar-refractivity contribution in [2.75, 3.05) is 10.6 Å². The van der Waals surface area contributed by atoms with Gasteiger partial charge in [-0.25, -0.2) is 4.98 Å². The number of H-pyrrole nitrogens is 1. The largest absolute Gasteiger partial charge is 0.365 e. The molecule has 24 heavy (non-hydrogen) atoms. The van der Waals surface area contributed by atoms with Gasteiger partial charge < -0.3 is 15.6 Å². The Morgan fingerprint density at radius 2 is 2.00 bits per heavy atom. The van der Waals surface area contributed by atoms with Gasteiger partial charge in [0.1, 0.15) is 5.52 Å². The fourth-order valence-electron chi connectivity index (χ4n) is 2.68. The van der Waals surface area contributed by atoms with E-state index < -0.39 is 0 Å². The second-order valence-electron chi connectivity index (χ2n) is 5.96. The first-order valence-electron chi connectivity index (χ1n) is 7.95. The first-order valence-corrected chi connectivity index (χ1v) is 7.95. The summed E-state index contributed by atoms with van der Waals surface area (Å²) in [7, 11) is 0. The highest BCUT2D eigenvalue weighted by atomic mass is 15.2. The minimum absolute atomic E-state index is 0.495. The average molecular weight is 317 g/mol. The summed E-state index contributed by atoms with van der Waals surface area (Å²) in [5.74, 6) is 1.28. The standard InChI is InChI=1S/C17H15N7/c1-2-4-13-10(3-1)7-12(8-18-13)22-17-23-15-14(19-9-20-15)16(24-17)21-11-5-6-11/h1-4,7-9,11H,5-6H2,(H3,19,20,21,22,23,24). The number of pyridine rings is 1. The molecular formula is C17H15N7. The Morgan fingerprint density at radius 3 is 2.92 bits per heavy atom. The lowest BCUT2D eigenvalue weighted by atomic mass is 10.2. The van der Waals surface area contributed by atoms with Gasteiger partial charge in [0.15, 0.2) is 11.5 Å². The fraction of sp³-hybridized carbons (Fsp3) is 0.176. The predicted octanol–water partition coefficient (Wildman–Crippen LogP) is 3.22. The molecule has 0 spiro atoms. The maximum Gasteiger partial charge on any atom is 0.231 e. The van der Waals surface area contributed by atoms with E-state index in [1.165, 1.54) is 12.8 Å². The molecule has 0 aliphatic heterocycles. The quantitative estimate of drug-likeness (QED) is 0.535. The smallest absolute Gasteiger partial charge is 0.231 e. The van der Waals surface area contributed by atoms with E-state index in [4.69, 9.17) is 0 Å². The summed E-state index contributed by atoms with van der Waals surface area (Å²) < 4.78 is 0. The minimum atomic E-state index is 0.495. The highest BCUT2D eigenvalue weighted by Crippen LogP contribution is 2.28. The molecule has 0 radical (unpaired) electrons. The molecule has 7 heteroatoms. The third-order valence-corrected chi connectivity index (χ3v) is 4.04. The number of aromatic amines is 1. The number of benzene rings is 1. The molecule has 5 rings (SSSR count). The van der Waals surface area contributed by atoms with Gasteiger partial charge in [0.05, 0.1) is 23.7 Å². The molecule has 0 saturated heterocycles. The number of rotatable bonds is 4. The average Bonchev–Trinajstić information content (AvgIpc) is 3.28. The number of para-hydroxylation sites is 1. The van der Waals surface area contributed by atoms with Gasteiger partial charge in [-0.2, -0.15) is 9.97 Å². The van der Waals surface area contributed by atoms with Gasteiger partial charge in [-0.3, -0.25) is 4.98 Å². The van der Waals surface area contributed by atoms with Crippen LogP contribution in [-0.2, 0) is 0 Å². The molecule has 0 amide bonds. The molecule has 1 aliphatic rings. The van der Waals surface area contributed by atoms with Crippen molar-refractivity contribution in [2.24, 2.45) is 0 Å².